The Labute approximate surface area is 137 Å². The summed E-state index contributed by atoms with van der Waals surface area (Å²) in [6.07, 6.45) is 0.209. The van der Waals surface area contributed by atoms with E-state index in [1.807, 2.05) is 61.5 Å². The summed E-state index contributed by atoms with van der Waals surface area (Å²) >= 11 is 2.15. The van der Waals surface area contributed by atoms with Crippen molar-refractivity contribution >= 4 is 40.1 Å². The van der Waals surface area contributed by atoms with E-state index in [2.05, 4.69) is 22.6 Å². The number of halogens is 1. The molecule has 2 aromatic carbocycles. The Morgan fingerprint density at radius 2 is 1.62 bits per heavy atom. The summed E-state index contributed by atoms with van der Waals surface area (Å²) in [6.45, 7) is 1.85. The molecule has 0 N–H and O–H groups in total. The second-order valence-corrected chi connectivity index (χ2v) is 6.52. The third-order valence-corrected chi connectivity index (χ3v) is 4.85. The predicted octanol–water partition coefficient (Wildman–Crippen LogP) is 3.51. The van der Waals surface area contributed by atoms with Crippen LogP contribution in [0.25, 0.3) is 0 Å². The first-order valence-electron chi connectivity index (χ1n) is 6.71. The molecule has 0 aliphatic carbocycles. The highest BCUT2D eigenvalue weighted by Crippen LogP contribution is 2.39. The van der Waals surface area contributed by atoms with Crippen LogP contribution in [0.1, 0.15) is 18.9 Å². The van der Waals surface area contributed by atoms with Crippen molar-refractivity contribution in [2.75, 3.05) is 4.90 Å². The van der Waals surface area contributed by atoms with Crippen molar-refractivity contribution in [3.05, 3.63) is 63.7 Å². The van der Waals surface area contributed by atoms with Gasteiger partial charge in [0.05, 0.1) is 11.1 Å². The summed E-state index contributed by atoms with van der Waals surface area (Å²) in [4.78, 5) is 26.6. The lowest BCUT2D eigenvalue weighted by Gasteiger charge is -2.23. The Morgan fingerprint density at radius 3 is 2.29 bits per heavy atom. The van der Waals surface area contributed by atoms with E-state index in [-0.39, 0.29) is 18.2 Å². The molecule has 1 fully saturated rings. The number of anilines is 1. The van der Waals surface area contributed by atoms with Gasteiger partial charge in [0.15, 0.2) is 0 Å². The average Bonchev–Trinajstić information content (AvgIpc) is 2.72. The van der Waals surface area contributed by atoms with Crippen LogP contribution in [0.15, 0.2) is 54.6 Å². The predicted molar refractivity (Wildman–Crippen MR) is 90.1 cm³/mol. The summed E-state index contributed by atoms with van der Waals surface area (Å²) in [5.41, 5.74) is 0.779. The largest absolute Gasteiger partial charge is 0.274 e. The minimum atomic E-state index is -0.780. The first kappa shape index (κ1) is 14.3. The molecule has 1 atom stereocenters. The molecule has 0 spiro atoms. The number of para-hydroxylation sites is 1. The van der Waals surface area contributed by atoms with E-state index in [0.29, 0.717) is 5.69 Å². The molecule has 4 heteroatoms. The number of amides is 2. The van der Waals surface area contributed by atoms with Crippen molar-refractivity contribution in [1.82, 2.24) is 0 Å². The molecular formula is C17H14INO2. The Bertz CT molecular complexity index is 714. The molecule has 1 saturated heterocycles. The summed E-state index contributed by atoms with van der Waals surface area (Å²) in [5, 5.41) is 0. The van der Waals surface area contributed by atoms with Crippen molar-refractivity contribution in [3.63, 3.8) is 0 Å². The summed E-state index contributed by atoms with van der Waals surface area (Å²) in [5.74, 6) is -0.293. The zero-order valence-corrected chi connectivity index (χ0v) is 13.7. The number of benzene rings is 2. The molecule has 0 radical (unpaired) electrons. The van der Waals surface area contributed by atoms with Crippen LogP contribution in [-0.2, 0) is 15.0 Å². The highest BCUT2D eigenvalue weighted by molar-refractivity contribution is 14.1. The second-order valence-electron chi connectivity index (χ2n) is 5.36. The van der Waals surface area contributed by atoms with E-state index in [1.165, 1.54) is 4.90 Å². The van der Waals surface area contributed by atoms with E-state index >= 15 is 0 Å². The second kappa shape index (κ2) is 5.26. The molecule has 1 aliphatic heterocycles. The quantitative estimate of drug-likeness (QED) is 0.581. The third-order valence-electron chi connectivity index (χ3n) is 3.93. The molecule has 1 aliphatic rings. The van der Waals surface area contributed by atoms with Gasteiger partial charge in [-0.3, -0.25) is 9.59 Å². The fraction of sp³-hybridized carbons (Fsp3) is 0.176. The van der Waals surface area contributed by atoms with Gasteiger partial charge in [0.25, 0.3) is 0 Å². The Kier molecular flexibility index (Phi) is 3.57. The molecule has 1 heterocycles. The van der Waals surface area contributed by atoms with Crippen LogP contribution in [0.2, 0.25) is 0 Å². The summed E-state index contributed by atoms with van der Waals surface area (Å²) < 4.78 is 0.897. The van der Waals surface area contributed by atoms with Gasteiger partial charge in [0, 0.05) is 9.99 Å². The van der Waals surface area contributed by atoms with Crippen LogP contribution >= 0.6 is 22.6 Å². The molecule has 0 bridgehead atoms. The van der Waals surface area contributed by atoms with Crippen LogP contribution in [0.5, 0.6) is 0 Å². The number of carbonyl (C=O) groups excluding carboxylic acids is 2. The van der Waals surface area contributed by atoms with E-state index in [1.54, 1.807) is 0 Å². The van der Waals surface area contributed by atoms with Crippen molar-refractivity contribution in [2.45, 2.75) is 18.8 Å². The van der Waals surface area contributed by atoms with Crippen LogP contribution < -0.4 is 4.90 Å². The monoisotopic (exact) mass is 391 g/mol. The Hall–Kier alpha value is -1.69. The molecule has 2 aromatic rings. The van der Waals surface area contributed by atoms with E-state index in [0.717, 1.165) is 9.13 Å². The third kappa shape index (κ3) is 2.27. The maximum absolute atomic E-state index is 12.9. The summed E-state index contributed by atoms with van der Waals surface area (Å²) in [7, 11) is 0. The molecule has 21 heavy (non-hydrogen) atoms. The molecule has 3 rings (SSSR count). The van der Waals surface area contributed by atoms with Crippen LogP contribution in [-0.4, -0.2) is 11.8 Å². The van der Waals surface area contributed by atoms with Gasteiger partial charge in [-0.15, -0.1) is 0 Å². The highest BCUT2D eigenvalue weighted by Gasteiger charge is 2.50. The SMILES string of the molecule is CC1(c2ccccc2)CC(=O)N(c2ccccc2I)C1=O. The van der Waals surface area contributed by atoms with Gasteiger partial charge in [-0.05, 0) is 47.2 Å². The maximum Gasteiger partial charge on any atom is 0.244 e. The minimum absolute atomic E-state index is 0.143. The molecule has 3 nitrogen and oxygen atoms in total. The Morgan fingerprint density at radius 1 is 1.00 bits per heavy atom. The number of hydrogen-bond acceptors (Lipinski definition) is 2. The number of nitrogens with zero attached hydrogens (tertiary/aromatic N) is 1. The van der Waals surface area contributed by atoms with Gasteiger partial charge in [-0.1, -0.05) is 42.5 Å². The molecule has 0 aromatic heterocycles. The lowest BCUT2D eigenvalue weighted by atomic mass is 9.81. The fourth-order valence-corrected chi connectivity index (χ4v) is 3.35. The van der Waals surface area contributed by atoms with E-state index in [9.17, 15) is 9.59 Å². The molecular weight excluding hydrogens is 377 g/mol. The van der Waals surface area contributed by atoms with Gasteiger partial charge < -0.3 is 0 Å². The lowest BCUT2D eigenvalue weighted by molar-refractivity contribution is -0.122. The normalized spacial score (nSPS) is 21.9. The summed E-state index contributed by atoms with van der Waals surface area (Å²) in [6, 6.07) is 17.0. The van der Waals surface area contributed by atoms with Crippen LogP contribution in [0.3, 0.4) is 0 Å². The molecule has 106 valence electrons. The van der Waals surface area contributed by atoms with Gasteiger partial charge >= 0.3 is 0 Å². The minimum Gasteiger partial charge on any atom is -0.274 e. The van der Waals surface area contributed by atoms with Gasteiger partial charge in [0.1, 0.15) is 0 Å². The van der Waals surface area contributed by atoms with Gasteiger partial charge in [-0.25, -0.2) is 4.90 Å². The first-order chi connectivity index (χ1) is 10.0. The first-order valence-corrected chi connectivity index (χ1v) is 7.79. The zero-order valence-electron chi connectivity index (χ0n) is 11.5. The number of rotatable bonds is 2. The molecule has 0 saturated carbocycles. The zero-order chi connectivity index (χ0) is 15.0. The maximum atomic E-state index is 12.9. The van der Waals surface area contributed by atoms with Crippen LogP contribution in [0.4, 0.5) is 5.69 Å². The van der Waals surface area contributed by atoms with Gasteiger partial charge in [-0.2, -0.15) is 0 Å². The van der Waals surface area contributed by atoms with Crippen molar-refractivity contribution < 1.29 is 9.59 Å². The van der Waals surface area contributed by atoms with E-state index in [4.69, 9.17) is 0 Å². The topological polar surface area (TPSA) is 37.4 Å². The average molecular weight is 391 g/mol. The molecule has 1 unspecified atom stereocenters. The smallest absolute Gasteiger partial charge is 0.244 e. The fourth-order valence-electron chi connectivity index (χ4n) is 2.73. The van der Waals surface area contributed by atoms with Crippen molar-refractivity contribution in [3.8, 4) is 0 Å². The highest BCUT2D eigenvalue weighted by atomic mass is 127. The Balaban J connectivity index is 2.06. The van der Waals surface area contributed by atoms with Crippen molar-refractivity contribution in [1.29, 1.82) is 0 Å². The van der Waals surface area contributed by atoms with Crippen molar-refractivity contribution in [2.24, 2.45) is 0 Å². The molecule has 2 amide bonds. The van der Waals surface area contributed by atoms with Gasteiger partial charge in [0.2, 0.25) is 11.8 Å². The lowest BCUT2D eigenvalue weighted by Crippen LogP contribution is -2.37. The number of carbonyl (C=O) groups is 2. The van der Waals surface area contributed by atoms with E-state index < -0.39 is 5.41 Å². The number of imide groups is 1. The standard InChI is InChI=1S/C17H14INO2/c1-17(12-7-3-2-4-8-12)11-15(20)19(16(17)21)14-10-6-5-9-13(14)18/h2-10H,11H2,1H3. The number of hydrogen-bond donors (Lipinski definition) is 0. The van der Waals surface area contributed by atoms with Crippen LogP contribution in [0, 0.1) is 3.57 Å².